The molecule has 0 aliphatic rings. The maximum absolute atomic E-state index is 12.8. The van der Waals surface area contributed by atoms with Crippen molar-refractivity contribution < 1.29 is 19.2 Å². The first kappa shape index (κ1) is 20.3. The van der Waals surface area contributed by atoms with Crippen LogP contribution in [0.5, 0.6) is 0 Å². The van der Waals surface area contributed by atoms with E-state index >= 15 is 0 Å². The molecule has 2 rings (SSSR count). The molecule has 0 aliphatic carbocycles. The fraction of sp³-hybridized carbons (Fsp3) is 0.316. The molecule has 27 heavy (non-hydrogen) atoms. The number of ether oxygens (including phenoxy) is 2. The van der Waals surface area contributed by atoms with E-state index in [1.165, 1.54) is 6.07 Å². The molecule has 0 atom stereocenters. The Kier molecular flexibility index (Phi) is 7.72. The van der Waals surface area contributed by atoms with E-state index in [0.717, 1.165) is 5.69 Å². The number of rotatable bonds is 10. The molecular weight excluding hydrogens is 350 g/mol. The van der Waals surface area contributed by atoms with Gasteiger partial charge in [-0.15, -0.1) is 0 Å². The van der Waals surface area contributed by atoms with E-state index in [0.29, 0.717) is 32.0 Å². The summed E-state index contributed by atoms with van der Waals surface area (Å²) in [5, 5.41) is 14.5. The van der Waals surface area contributed by atoms with Crippen molar-refractivity contribution in [1.82, 2.24) is 4.90 Å². The minimum atomic E-state index is -0.503. The minimum Gasteiger partial charge on any atom is -0.383 e. The summed E-state index contributed by atoms with van der Waals surface area (Å²) in [6, 6.07) is 13.5. The zero-order valence-electron chi connectivity index (χ0n) is 15.4. The van der Waals surface area contributed by atoms with E-state index in [4.69, 9.17) is 9.47 Å². The number of nitro benzene ring substituents is 1. The van der Waals surface area contributed by atoms with Gasteiger partial charge in [0.15, 0.2) is 0 Å². The molecular formula is C19H23N3O5. The summed E-state index contributed by atoms with van der Waals surface area (Å²) in [7, 11) is 3.10. The molecule has 0 fully saturated rings. The molecule has 2 aromatic carbocycles. The molecule has 0 heterocycles. The Morgan fingerprint density at radius 1 is 1.07 bits per heavy atom. The van der Waals surface area contributed by atoms with Gasteiger partial charge in [0.1, 0.15) is 5.69 Å². The number of nitrogens with one attached hydrogen (secondary N) is 1. The summed E-state index contributed by atoms with van der Waals surface area (Å²) in [6.45, 7) is 1.48. The maximum atomic E-state index is 12.8. The average Bonchev–Trinajstić information content (AvgIpc) is 2.68. The number of amides is 1. The number of benzene rings is 2. The largest absolute Gasteiger partial charge is 0.383 e. The highest BCUT2D eigenvalue weighted by atomic mass is 16.6. The molecule has 1 amide bonds. The van der Waals surface area contributed by atoms with Gasteiger partial charge >= 0.3 is 0 Å². The van der Waals surface area contributed by atoms with Gasteiger partial charge in [-0.1, -0.05) is 18.2 Å². The first-order valence-electron chi connectivity index (χ1n) is 8.44. The molecule has 8 nitrogen and oxygen atoms in total. The maximum Gasteiger partial charge on any atom is 0.293 e. The smallest absolute Gasteiger partial charge is 0.293 e. The van der Waals surface area contributed by atoms with Gasteiger partial charge in [0.25, 0.3) is 11.6 Å². The Hall–Kier alpha value is -2.97. The second-order valence-corrected chi connectivity index (χ2v) is 5.76. The Labute approximate surface area is 157 Å². The van der Waals surface area contributed by atoms with Crippen LogP contribution in [0.1, 0.15) is 10.4 Å². The Balaban J connectivity index is 2.27. The topological polar surface area (TPSA) is 93.9 Å². The van der Waals surface area contributed by atoms with Crippen LogP contribution in [-0.4, -0.2) is 56.3 Å². The summed E-state index contributed by atoms with van der Waals surface area (Å²) in [4.78, 5) is 25.3. The molecule has 0 aliphatic heterocycles. The molecule has 2 aromatic rings. The summed E-state index contributed by atoms with van der Waals surface area (Å²) < 4.78 is 10.1. The van der Waals surface area contributed by atoms with Crippen LogP contribution in [0, 0.1) is 10.1 Å². The van der Waals surface area contributed by atoms with Crippen LogP contribution < -0.4 is 5.32 Å². The Bertz CT molecular complexity index is 759. The number of nitrogens with zero attached hydrogens (tertiary/aromatic N) is 2. The van der Waals surface area contributed by atoms with Gasteiger partial charge in [-0.3, -0.25) is 14.9 Å². The Morgan fingerprint density at radius 3 is 2.26 bits per heavy atom. The van der Waals surface area contributed by atoms with Gasteiger partial charge in [-0.05, 0) is 24.3 Å². The van der Waals surface area contributed by atoms with Gasteiger partial charge in [-0.25, -0.2) is 0 Å². The zero-order chi connectivity index (χ0) is 19.6. The third kappa shape index (κ3) is 5.77. The molecule has 0 aromatic heterocycles. The van der Waals surface area contributed by atoms with Crippen molar-refractivity contribution in [3.8, 4) is 0 Å². The van der Waals surface area contributed by atoms with Crippen molar-refractivity contribution >= 4 is 23.0 Å². The lowest BCUT2D eigenvalue weighted by atomic mass is 10.1. The van der Waals surface area contributed by atoms with Crippen LogP contribution in [0.4, 0.5) is 17.1 Å². The number of anilines is 2. The number of nitro groups is 1. The molecule has 144 valence electrons. The fourth-order valence-corrected chi connectivity index (χ4v) is 2.50. The van der Waals surface area contributed by atoms with E-state index in [9.17, 15) is 14.9 Å². The van der Waals surface area contributed by atoms with Crippen LogP contribution in [0.2, 0.25) is 0 Å². The van der Waals surface area contributed by atoms with Gasteiger partial charge in [0, 0.05) is 44.6 Å². The summed E-state index contributed by atoms with van der Waals surface area (Å²) in [6.07, 6.45) is 0. The highest BCUT2D eigenvalue weighted by Gasteiger charge is 2.21. The highest BCUT2D eigenvalue weighted by Crippen LogP contribution is 2.29. The van der Waals surface area contributed by atoms with E-state index in [-0.39, 0.29) is 17.2 Å². The van der Waals surface area contributed by atoms with E-state index in [1.807, 2.05) is 18.2 Å². The van der Waals surface area contributed by atoms with Crippen LogP contribution in [0.3, 0.4) is 0 Å². The second-order valence-electron chi connectivity index (χ2n) is 5.76. The van der Waals surface area contributed by atoms with Crippen molar-refractivity contribution in [2.24, 2.45) is 0 Å². The van der Waals surface area contributed by atoms with Crippen LogP contribution in [-0.2, 0) is 9.47 Å². The highest BCUT2D eigenvalue weighted by molar-refractivity contribution is 5.96. The molecule has 0 spiro atoms. The fourth-order valence-electron chi connectivity index (χ4n) is 2.50. The van der Waals surface area contributed by atoms with Crippen molar-refractivity contribution in [2.75, 3.05) is 45.8 Å². The third-order valence-corrected chi connectivity index (χ3v) is 3.91. The number of hydrogen-bond acceptors (Lipinski definition) is 6. The van der Waals surface area contributed by atoms with Crippen LogP contribution in [0.25, 0.3) is 0 Å². The minimum absolute atomic E-state index is 0.164. The number of hydrogen-bond donors (Lipinski definition) is 1. The monoisotopic (exact) mass is 373 g/mol. The van der Waals surface area contributed by atoms with Gasteiger partial charge in [0.05, 0.1) is 18.1 Å². The summed E-state index contributed by atoms with van der Waals surface area (Å²) >= 11 is 0. The molecule has 0 unspecified atom stereocenters. The number of methoxy groups -OCH3 is 2. The number of carbonyl (C=O) groups excluding carboxylic acids is 1. The van der Waals surface area contributed by atoms with Crippen molar-refractivity contribution in [3.63, 3.8) is 0 Å². The summed E-state index contributed by atoms with van der Waals surface area (Å²) in [5.41, 5.74) is 1.13. The first-order valence-corrected chi connectivity index (χ1v) is 8.44. The second kappa shape index (κ2) is 10.2. The molecule has 8 heteroatoms. The quantitative estimate of drug-likeness (QED) is 0.508. The first-order chi connectivity index (χ1) is 13.1. The third-order valence-electron chi connectivity index (χ3n) is 3.91. The van der Waals surface area contributed by atoms with Gasteiger partial charge < -0.3 is 19.7 Å². The molecule has 0 saturated heterocycles. The lowest BCUT2D eigenvalue weighted by molar-refractivity contribution is -0.383. The van der Waals surface area contributed by atoms with Crippen LogP contribution >= 0.6 is 0 Å². The van der Waals surface area contributed by atoms with Gasteiger partial charge in [0.2, 0.25) is 0 Å². The van der Waals surface area contributed by atoms with Crippen LogP contribution in [0.15, 0.2) is 48.5 Å². The normalized spacial score (nSPS) is 10.4. The van der Waals surface area contributed by atoms with E-state index in [1.54, 1.807) is 43.4 Å². The lowest BCUT2D eigenvalue weighted by Crippen LogP contribution is -2.36. The zero-order valence-corrected chi connectivity index (χ0v) is 15.4. The Morgan fingerprint density at radius 2 is 1.70 bits per heavy atom. The molecule has 1 N–H and O–H groups in total. The van der Waals surface area contributed by atoms with E-state index in [2.05, 4.69) is 5.32 Å². The predicted molar refractivity (Wildman–Crippen MR) is 102 cm³/mol. The number of carbonyl (C=O) groups is 1. The predicted octanol–water partition coefficient (Wildman–Crippen LogP) is 3.07. The van der Waals surface area contributed by atoms with Crippen molar-refractivity contribution in [1.29, 1.82) is 0 Å². The number of para-hydroxylation sites is 1. The van der Waals surface area contributed by atoms with Gasteiger partial charge in [-0.2, -0.15) is 0 Å². The molecule has 0 radical (unpaired) electrons. The van der Waals surface area contributed by atoms with Crippen molar-refractivity contribution in [2.45, 2.75) is 0 Å². The molecule has 0 saturated carbocycles. The lowest BCUT2D eigenvalue weighted by Gasteiger charge is -2.22. The average molecular weight is 373 g/mol. The standard InChI is InChI=1S/C19H23N3O5/c1-26-12-10-21(11-13-27-2)19(23)15-8-9-17(18(14-15)22(24)25)20-16-6-4-3-5-7-16/h3-9,14,20H,10-13H2,1-2H3. The SMILES string of the molecule is COCCN(CCOC)C(=O)c1ccc(Nc2ccccc2)c([N+](=O)[O-])c1. The van der Waals surface area contributed by atoms with E-state index < -0.39 is 4.92 Å². The summed E-state index contributed by atoms with van der Waals surface area (Å²) in [5.74, 6) is -0.307. The molecule has 0 bridgehead atoms. The van der Waals surface area contributed by atoms with Crippen molar-refractivity contribution in [3.05, 3.63) is 64.2 Å².